The van der Waals surface area contributed by atoms with Gasteiger partial charge in [0.05, 0.1) is 0 Å². The molecule has 1 aliphatic carbocycles. The molecule has 15 heavy (non-hydrogen) atoms. The van der Waals surface area contributed by atoms with E-state index in [1.54, 1.807) is 0 Å². The van der Waals surface area contributed by atoms with Crippen LogP contribution in [0, 0.1) is 12.8 Å². The van der Waals surface area contributed by atoms with E-state index < -0.39 is 0 Å². The molecule has 3 nitrogen and oxygen atoms in total. The van der Waals surface area contributed by atoms with Crippen LogP contribution < -0.4 is 4.90 Å². The minimum atomic E-state index is 0.743. The number of nitrogens with zero attached hydrogens (tertiary/aromatic N) is 3. The van der Waals surface area contributed by atoms with E-state index >= 15 is 0 Å². The molecule has 1 saturated carbocycles. The lowest BCUT2D eigenvalue weighted by Crippen LogP contribution is -2.29. The standard InChI is InChI=1S/C10H13N3.C2H6/c1-7-4-11-10(12-5-7)13-6-8-2-9(13)3-8;1-2/h4-5,8-9H,2-3,6H2,1H3;1-2H3. The highest BCUT2D eigenvalue weighted by Crippen LogP contribution is 2.41. The van der Waals surface area contributed by atoms with Crippen LogP contribution >= 0.6 is 0 Å². The van der Waals surface area contributed by atoms with Crippen LogP contribution in [0.15, 0.2) is 12.4 Å². The number of hydrogen-bond acceptors (Lipinski definition) is 3. The minimum Gasteiger partial charge on any atom is -0.338 e. The van der Waals surface area contributed by atoms with E-state index in [2.05, 4.69) is 14.9 Å². The molecule has 3 aliphatic rings. The first kappa shape index (κ1) is 10.4. The third-order valence-corrected chi connectivity index (χ3v) is 3.13. The molecule has 82 valence electrons. The van der Waals surface area contributed by atoms with E-state index in [1.165, 1.54) is 19.4 Å². The van der Waals surface area contributed by atoms with Crippen molar-refractivity contribution in [3.05, 3.63) is 18.0 Å². The van der Waals surface area contributed by atoms with E-state index in [0.29, 0.717) is 0 Å². The Balaban J connectivity index is 0.000000404. The van der Waals surface area contributed by atoms with Crippen molar-refractivity contribution in [3.63, 3.8) is 0 Å². The maximum atomic E-state index is 4.35. The summed E-state index contributed by atoms with van der Waals surface area (Å²) in [7, 11) is 0. The Morgan fingerprint density at radius 2 is 1.80 bits per heavy atom. The van der Waals surface area contributed by atoms with Gasteiger partial charge >= 0.3 is 0 Å². The topological polar surface area (TPSA) is 29.0 Å². The summed E-state index contributed by atoms with van der Waals surface area (Å²) >= 11 is 0. The molecular weight excluding hydrogens is 186 g/mol. The van der Waals surface area contributed by atoms with Crippen LogP contribution in [0.1, 0.15) is 32.3 Å². The van der Waals surface area contributed by atoms with Crippen molar-refractivity contribution in [1.82, 2.24) is 9.97 Å². The largest absolute Gasteiger partial charge is 0.338 e. The molecule has 0 aromatic carbocycles. The fourth-order valence-electron chi connectivity index (χ4n) is 2.31. The summed E-state index contributed by atoms with van der Waals surface area (Å²) in [5.74, 6) is 1.85. The Labute approximate surface area is 91.5 Å². The Morgan fingerprint density at radius 3 is 2.27 bits per heavy atom. The lowest BCUT2D eigenvalue weighted by atomic mass is 9.86. The number of anilines is 1. The van der Waals surface area contributed by atoms with E-state index in [1.807, 2.05) is 33.2 Å². The number of hydrogen-bond donors (Lipinski definition) is 0. The molecule has 2 aliphatic heterocycles. The molecule has 1 aromatic rings. The summed E-state index contributed by atoms with van der Waals surface area (Å²) in [5.41, 5.74) is 1.13. The zero-order valence-electron chi connectivity index (χ0n) is 9.77. The molecule has 0 atom stereocenters. The summed E-state index contributed by atoms with van der Waals surface area (Å²) in [6, 6.07) is 0.743. The van der Waals surface area contributed by atoms with Gasteiger partial charge in [0.25, 0.3) is 0 Å². The third kappa shape index (κ3) is 1.83. The molecule has 3 heterocycles. The Kier molecular flexibility index (Phi) is 2.89. The van der Waals surface area contributed by atoms with E-state index in [9.17, 15) is 0 Å². The van der Waals surface area contributed by atoms with Crippen molar-refractivity contribution in [3.8, 4) is 0 Å². The van der Waals surface area contributed by atoms with Crippen LogP contribution in [0.5, 0.6) is 0 Å². The number of rotatable bonds is 1. The fourth-order valence-corrected chi connectivity index (χ4v) is 2.31. The van der Waals surface area contributed by atoms with Crippen LogP contribution in [-0.2, 0) is 0 Å². The fraction of sp³-hybridized carbons (Fsp3) is 0.667. The zero-order valence-corrected chi connectivity index (χ0v) is 9.77. The Morgan fingerprint density at radius 1 is 1.20 bits per heavy atom. The monoisotopic (exact) mass is 205 g/mol. The summed E-state index contributed by atoms with van der Waals surface area (Å²) < 4.78 is 0. The first-order chi connectivity index (χ1) is 7.33. The predicted molar refractivity (Wildman–Crippen MR) is 62.0 cm³/mol. The summed E-state index contributed by atoms with van der Waals surface area (Å²) in [4.78, 5) is 11.1. The maximum absolute atomic E-state index is 4.35. The van der Waals surface area contributed by atoms with Gasteiger partial charge < -0.3 is 4.90 Å². The molecule has 4 rings (SSSR count). The Bertz CT molecular complexity index is 314. The quantitative estimate of drug-likeness (QED) is 0.705. The predicted octanol–water partition coefficient (Wildman–Crippen LogP) is 2.41. The van der Waals surface area contributed by atoms with Crippen molar-refractivity contribution >= 4 is 5.95 Å². The summed E-state index contributed by atoms with van der Waals surface area (Å²) in [5, 5.41) is 0. The molecular formula is C12H19N3. The van der Waals surface area contributed by atoms with Crippen LogP contribution in [-0.4, -0.2) is 22.6 Å². The first-order valence-corrected chi connectivity index (χ1v) is 5.88. The average molecular weight is 205 g/mol. The van der Waals surface area contributed by atoms with Gasteiger partial charge in [-0.15, -0.1) is 0 Å². The normalized spacial score (nSPS) is 26.7. The molecule has 0 radical (unpaired) electrons. The van der Waals surface area contributed by atoms with Crippen molar-refractivity contribution in [1.29, 1.82) is 0 Å². The highest BCUT2D eigenvalue weighted by atomic mass is 15.3. The molecule has 0 amide bonds. The smallest absolute Gasteiger partial charge is 0.225 e. The number of aryl methyl sites for hydroxylation is 1. The van der Waals surface area contributed by atoms with Gasteiger partial charge in [0.2, 0.25) is 5.95 Å². The first-order valence-electron chi connectivity index (χ1n) is 5.88. The highest BCUT2D eigenvalue weighted by molar-refractivity contribution is 5.37. The van der Waals surface area contributed by atoms with E-state index in [4.69, 9.17) is 0 Å². The number of aromatic nitrogens is 2. The average Bonchev–Trinajstić information content (AvgIpc) is 2.80. The molecule has 0 N–H and O–H groups in total. The van der Waals surface area contributed by atoms with Crippen LogP contribution in [0.4, 0.5) is 5.95 Å². The molecule has 3 heteroatoms. The minimum absolute atomic E-state index is 0.743. The maximum Gasteiger partial charge on any atom is 0.225 e. The summed E-state index contributed by atoms with van der Waals surface area (Å²) in [6.07, 6.45) is 6.52. The second-order valence-electron chi connectivity index (χ2n) is 4.20. The van der Waals surface area contributed by atoms with Crippen molar-refractivity contribution in [2.75, 3.05) is 11.4 Å². The van der Waals surface area contributed by atoms with Gasteiger partial charge in [-0.25, -0.2) is 9.97 Å². The SMILES string of the molecule is CC.Cc1cnc(N2CC3CC2C3)nc1. The van der Waals surface area contributed by atoms with Gasteiger partial charge in [0.1, 0.15) is 0 Å². The van der Waals surface area contributed by atoms with Gasteiger partial charge in [0, 0.05) is 25.0 Å². The number of fused-ring (bicyclic) bond motifs is 1. The van der Waals surface area contributed by atoms with Crippen molar-refractivity contribution < 1.29 is 0 Å². The van der Waals surface area contributed by atoms with Crippen molar-refractivity contribution in [2.45, 2.75) is 39.7 Å². The second kappa shape index (κ2) is 4.17. The van der Waals surface area contributed by atoms with Gasteiger partial charge in [-0.1, -0.05) is 13.8 Å². The van der Waals surface area contributed by atoms with Gasteiger partial charge in [-0.05, 0) is 31.2 Å². The molecule has 3 fully saturated rings. The highest BCUT2D eigenvalue weighted by Gasteiger charge is 2.43. The zero-order chi connectivity index (χ0) is 10.8. The van der Waals surface area contributed by atoms with Crippen molar-refractivity contribution in [2.24, 2.45) is 5.92 Å². The van der Waals surface area contributed by atoms with E-state index in [0.717, 1.165) is 23.5 Å². The molecule has 2 bridgehead atoms. The lowest BCUT2D eigenvalue weighted by Gasteiger charge is -2.25. The Hall–Kier alpha value is -1.12. The molecule has 0 unspecified atom stereocenters. The van der Waals surface area contributed by atoms with Crippen LogP contribution in [0.3, 0.4) is 0 Å². The second-order valence-corrected chi connectivity index (χ2v) is 4.20. The molecule has 2 saturated heterocycles. The van der Waals surface area contributed by atoms with Crippen LogP contribution in [0.2, 0.25) is 0 Å². The van der Waals surface area contributed by atoms with Gasteiger partial charge in [0.15, 0.2) is 0 Å². The van der Waals surface area contributed by atoms with E-state index in [-0.39, 0.29) is 0 Å². The van der Waals surface area contributed by atoms with Gasteiger partial charge in [-0.2, -0.15) is 0 Å². The lowest BCUT2D eigenvalue weighted by molar-refractivity contribution is 0.380. The molecule has 0 spiro atoms. The van der Waals surface area contributed by atoms with Gasteiger partial charge in [-0.3, -0.25) is 0 Å². The van der Waals surface area contributed by atoms with Crippen LogP contribution in [0.25, 0.3) is 0 Å². The summed E-state index contributed by atoms with van der Waals surface area (Å²) in [6.45, 7) is 7.20. The molecule has 1 aromatic heterocycles. The third-order valence-electron chi connectivity index (χ3n) is 3.13.